The number of carbonyl (C=O) groups excluding carboxylic acids is 2. The van der Waals surface area contributed by atoms with E-state index in [0.29, 0.717) is 25.9 Å². The molecule has 2 amide bonds. The molecule has 124 valence electrons. The molecule has 0 unspecified atom stereocenters. The van der Waals surface area contributed by atoms with Gasteiger partial charge in [0, 0.05) is 25.2 Å². The Morgan fingerprint density at radius 3 is 2.43 bits per heavy atom. The number of amides is 2. The summed E-state index contributed by atoms with van der Waals surface area (Å²) >= 11 is 0. The number of hydrogen-bond donors (Lipinski definition) is 1. The van der Waals surface area contributed by atoms with E-state index in [0.717, 1.165) is 11.1 Å². The average Bonchev–Trinajstić information content (AvgIpc) is 2.55. The number of piperidine rings is 1. The Morgan fingerprint density at radius 2 is 1.87 bits per heavy atom. The van der Waals surface area contributed by atoms with Gasteiger partial charge in [0.15, 0.2) is 0 Å². The smallest absolute Gasteiger partial charge is 0.409 e. The lowest BCUT2D eigenvalue weighted by atomic mass is 10.0. The number of hydrogen-bond acceptors (Lipinski definition) is 3. The first-order valence-corrected chi connectivity index (χ1v) is 7.57. The number of rotatable bonds is 3. The second-order valence-electron chi connectivity index (χ2n) is 5.57. The van der Waals surface area contributed by atoms with Crippen molar-refractivity contribution in [3.8, 4) is 0 Å². The van der Waals surface area contributed by atoms with E-state index in [9.17, 15) is 14.0 Å². The quantitative estimate of drug-likeness (QED) is 0.871. The predicted octanol–water partition coefficient (Wildman–Crippen LogP) is 2.58. The van der Waals surface area contributed by atoms with Crippen LogP contribution in [0.2, 0.25) is 0 Å². The normalized spacial score (nSPS) is 16.1. The summed E-state index contributed by atoms with van der Waals surface area (Å²) in [5, 5.41) is 2.94. The molecule has 6 heteroatoms. The predicted molar refractivity (Wildman–Crippen MR) is 85.2 cm³/mol. The number of methoxy groups -OCH3 is 1. The Kier molecular flexibility index (Phi) is 5.73. The average molecular weight is 320 g/mol. The molecule has 5 nitrogen and oxygen atoms in total. The second kappa shape index (κ2) is 7.76. The summed E-state index contributed by atoms with van der Waals surface area (Å²) in [6, 6.07) is 6.06. The Morgan fingerprint density at radius 1 is 1.26 bits per heavy atom. The molecule has 0 radical (unpaired) electrons. The van der Waals surface area contributed by atoms with Crippen molar-refractivity contribution in [3.05, 3.63) is 41.7 Å². The van der Waals surface area contributed by atoms with Gasteiger partial charge in [0.25, 0.3) is 0 Å². The summed E-state index contributed by atoms with van der Waals surface area (Å²) in [5.41, 5.74) is 1.58. The third-order valence-corrected chi connectivity index (χ3v) is 3.92. The summed E-state index contributed by atoms with van der Waals surface area (Å²) in [6.07, 6.45) is 2.58. The van der Waals surface area contributed by atoms with Gasteiger partial charge in [-0.1, -0.05) is 12.1 Å². The third-order valence-electron chi connectivity index (χ3n) is 3.92. The van der Waals surface area contributed by atoms with Crippen LogP contribution in [0.1, 0.15) is 25.3 Å². The minimum atomic E-state index is -0.332. The van der Waals surface area contributed by atoms with Gasteiger partial charge in [-0.15, -0.1) is 0 Å². The number of allylic oxidation sites excluding steroid dienone is 1. The fourth-order valence-corrected chi connectivity index (χ4v) is 2.57. The Labute approximate surface area is 135 Å². The van der Waals surface area contributed by atoms with Crippen LogP contribution in [0.15, 0.2) is 30.3 Å². The molecular weight excluding hydrogens is 299 g/mol. The molecule has 2 rings (SSSR count). The number of benzene rings is 1. The number of likely N-dealkylation sites (tertiary alicyclic amines) is 1. The maximum absolute atomic E-state index is 12.9. The van der Waals surface area contributed by atoms with Crippen LogP contribution >= 0.6 is 0 Å². The molecule has 1 aliphatic rings. The molecule has 1 aliphatic heterocycles. The SMILES string of the molecule is COC(=O)N1CCC(NC(=O)/C=C(/C)c2ccc(F)cc2)CC1. The third kappa shape index (κ3) is 4.81. The van der Waals surface area contributed by atoms with Gasteiger partial charge in [-0.2, -0.15) is 0 Å². The highest BCUT2D eigenvalue weighted by Crippen LogP contribution is 2.15. The van der Waals surface area contributed by atoms with Crippen molar-refractivity contribution < 1.29 is 18.7 Å². The Balaban J connectivity index is 1.86. The van der Waals surface area contributed by atoms with Gasteiger partial charge in [0.2, 0.25) is 5.91 Å². The Hall–Kier alpha value is -2.37. The topological polar surface area (TPSA) is 58.6 Å². The molecule has 0 saturated carbocycles. The van der Waals surface area contributed by atoms with E-state index in [1.807, 2.05) is 6.92 Å². The molecule has 0 aliphatic carbocycles. The van der Waals surface area contributed by atoms with E-state index >= 15 is 0 Å². The first-order valence-electron chi connectivity index (χ1n) is 7.57. The molecule has 1 fully saturated rings. The van der Waals surface area contributed by atoms with Gasteiger partial charge >= 0.3 is 6.09 Å². The summed E-state index contributed by atoms with van der Waals surface area (Å²) in [6.45, 7) is 2.95. The van der Waals surface area contributed by atoms with Gasteiger partial charge in [-0.25, -0.2) is 9.18 Å². The van der Waals surface area contributed by atoms with Crippen molar-refractivity contribution in [1.29, 1.82) is 0 Å². The molecule has 1 aromatic rings. The van der Waals surface area contributed by atoms with E-state index in [1.165, 1.54) is 25.3 Å². The zero-order valence-electron chi connectivity index (χ0n) is 13.3. The largest absolute Gasteiger partial charge is 0.453 e. The fourth-order valence-electron chi connectivity index (χ4n) is 2.57. The number of ether oxygens (including phenoxy) is 1. The highest BCUT2D eigenvalue weighted by molar-refractivity contribution is 5.95. The van der Waals surface area contributed by atoms with Crippen molar-refractivity contribution >= 4 is 17.6 Å². The van der Waals surface area contributed by atoms with Crippen LogP contribution in [0.4, 0.5) is 9.18 Å². The van der Waals surface area contributed by atoms with Crippen molar-refractivity contribution in [2.45, 2.75) is 25.8 Å². The molecule has 1 heterocycles. The first-order chi connectivity index (χ1) is 11.0. The lowest BCUT2D eigenvalue weighted by molar-refractivity contribution is -0.117. The second-order valence-corrected chi connectivity index (χ2v) is 5.57. The van der Waals surface area contributed by atoms with Crippen LogP contribution in [0.3, 0.4) is 0 Å². The van der Waals surface area contributed by atoms with E-state index in [-0.39, 0.29) is 23.9 Å². The lowest BCUT2D eigenvalue weighted by Crippen LogP contribution is -2.46. The maximum Gasteiger partial charge on any atom is 0.409 e. The minimum Gasteiger partial charge on any atom is -0.453 e. The highest BCUT2D eigenvalue weighted by Gasteiger charge is 2.23. The number of nitrogens with zero attached hydrogens (tertiary/aromatic N) is 1. The van der Waals surface area contributed by atoms with Crippen LogP contribution in [-0.2, 0) is 9.53 Å². The van der Waals surface area contributed by atoms with Crippen LogP contribution < -0.4 is 5.32 Å². The van der Waals surface area contributed by atoms with Gasteiger partial charge in [-0.05, 0) is 43.0 Å². The fraction of sp³-hybridized carbons (Fsp3) is 0.412. The Bertz CT molecular complexity index is 590. The van der Waals surface area contributed by atoms with Crippen molar-refractivity contribution in [1.82, 2.24) is 10.2 Å². The van der Waals surface area contributed by atoms with Crippen LogP contribution in [-0.4, -0.2) is 43.1 Å². The van der Waals surface area contributed by atoms with Crippen molar-refractivity contribution in [2.24, 2.45) is 0 Å². The minimum absolute atomic E-state index is 0.0423. The van der Waals surface area contributed by atoms with Gasteiger partial charge in [-0.3, -0.25) is 4.79 Å². The van der Waals surface area contributed by atoms with E-state index in [4.69, 9.17) is 0 Å². The van der Waals surface area contributed by atoms with Gasteiger partial charge in [0.05, 0.1) is 7.11 Å². The number of nitrogens with one attached hydrogen (secondary N) is 1. The molecule has 23 heavy (non-hydrogen) atoms. The maximum atomic E-state index is 12.9. The monoisotopic (exact) mass is 320 g/mol. The van der Waals surface area contributed by atoms with Crippen molar-refractivity contribution in [2.75, 3.05) is 20.2 Å². The van der Waals surface area contributed by atoms with Crippen molar-refractivity contribution in [3.63, 3.8) is 0 Å². The summed E-state index contributed by atoms with van der Waals surface area (Å²) < 4.78 is 17.6. The molecule has 0 spiro atoms. The standard InChI is InChI=1S/C17H21FN2O3/c1-12(13-3-5-14(18)6-4-13)11-16(21)19-15-7-9-20(10-8-15)17(22)23-2/h3-6,11,15H,7-10H2,1-2H3,(H,19,21)/b12-11-. The highest BCUT2D eigenvalue weighted by atomic mass is 19.1. The van der Waals surface area contributed by atoms with Crippen LogP contribution in [0.25, 0.3) is 5.57 Å². The summed E-state index contributed by atoms with van der Waals surface area (Å²) in [5.74, 6) is -0.480. The molecular formula is C17H21FN2O3. The first kappa shape index (κ1) is 17.0. The van der Waals surface area contributed by atoms with Gasteiger partial charge in [0.1, 0.15) is 5.82 Å². The lowest BCUT2D eigenvalue weighted by Gasteiger charge is -2.31. The zero-order chi connectivity index (χ0) is 16.8. The van der Waals surface area contributed by atoms with Crippen LogP contribution in [0.5, 0.6) is 0 Å². The molecule has 0 bridgehead atoms. The molecule has 1 aromatic carbocycles. The van der Waals surface area contributed by atoms with E-state index in [1.54, 1.807) is 17.0 Å². The van der Waals surface area contributed by atoms with Gasteiger partial charge < -0.3 is 15.0 Å². The molecule has 1 N–H and O–H groups in total. The summed E-state index contributed by atoms with van der Waals surface area (Å²) in [4.78, 5) is 25.1. The number of carbonyl (C=O) groups is 2. The number of halogens is 1. The zero-order valence-corrected chi connectivity index (χ0v) is 13.3. The van der Waals surface area contributed by atoms with E-state index in [2.05, 4.69) is 10.1 Å². The molecule has 0 atom stereocenters. The molecule has 1 saturated heterocycles. The summed E-state index contributed by atoms with van der Waals surface area (Å²) in [7, 11) is 1.36. The van der Waals surface area contributed by atoms with E-state index < -0.39 is 0 Å². The molecule has 0 aromatic heterocycles. The van der Waals surface area contributed by atoms with Crippen LogP contribution in [0, 0.1) is 5.82 Å².